The predicted molar refractivity (Wildman–Crippen MR) is 84.9 cm³/mol. The lowest BCUT2D eigenvalue weighted by atomic mass is 9.77. The van der Waals surface area contributed by atoms with Crippen molar-refractivity contribution in [2.45, 2.75) is 33.4 Å². The number of aromatic nitrogens is 2. The predicted octanol–water partition coefficient (Wildman–Crippen LogP) is 2.02. The first-order chi connectivity index (χ1) is 10.5. The molecule has 1 aromatic heterocycles. The summed E-state index contributed by atoms with van der Waals surface area (Å²) in [4.78, 5) is 2.86. The third-order valence-corrected chi connectivity index (χ3v) is 4.17. The van der Waals surface area contributed by atoms with Crippen LogP contribution in [-0.4, -0.2) is 22.9 Å². The lowest BCUT2D eigenvalue weighted by molar-refractivity contribution is 0.302. The summed E-state index contributed by atoms with van der Waals surface area (Å²) in [5.41, 5.74) is 10.8. The van der Waals surface area contributed by atoms with E-state index >= 15 is 0 Å². The van der Waals surface area contributed by atoms with E-state index < -0.39 is 0 Å². The molecule has 0 radical (unpaired) electrons. The van der Waals surface area contributed by atoms with E-state index in [4.69, 9.17) is 10.3 Å². The van der Waals surface area contributed by atoms with Gasteiger partial charge in [0.15, 0.2) is 0 Å². The van der Waals surface area contributed by atoms with E-state index in [1.54, 1.807) is 7.11 Å². The Labute approximate surface area is 128 Å². The highest BCUT2D eigenvalue weighted by Crippen LogP contribution is 2.41. The molecule has 3 rings (SSSR count). The molecular formula is C16H19N5O. The fourth-order valence-electron chi connectivity index (χ4n) is 3.14. The van der Waals surface area contributed by atoms with Crippen molar-refractivity contribution in [1.82, 2.24) is 9.78 Å². The Hall–Kier alpha value is -2.46. The number of azide groups is 1. The molecule has 2 aliphatic rings. The van der Waals surface area contributed by atoms with Gasteiger partial charge in [0.1, 0.15) is 5.76 Å². The molecule has 1 aromatic rings. The second-order valence-electron chi connectivity index (χ2n) is 6.24. The van der Waals surface area contributed by atoms with Crippen molar-refractivity contribution in [3.63, 3.8) is 0 Å². The zero-order valence-corrected chi connectivity index (χ0v) is 13.2. The number of nitrogens with zero attached hydrogens (tertiary/aromatic N) is 5. The maximum atomic E-state index is 8.55. The van der Waals surface area contributed by atoms with E-state index in [1.165, 1.54) is 5.57 Å². The summed E-state index contributed by atoms with van der Waals surface area (Å²) < 4.78 is 7.40. The molecule has 0 saturated heterocycles. The molecule has 0 aromatic carbocycles. The molecule has 0 saturated carbocycles. The van der Waals surface area contributed by atoms with Crippen LogP contribution < -0.4 is 10.6 Å². The van der Waals surface area contributed by atoms with Crippen LogP contribution in [0, 0.1) is 5.41 Å². The van der Waals surface area contributed by atoms with Crippen LogP contribution in [0.3, 0.4) is 0 Å². The van der Waals surface area contributed by atoms with E-state index in [2.05, 4.69) is 41.1 Å². The van der Waals surface area contributed by atoms with Crippen molar-refractivity contribution in [3.05, 3.63) is 50.7 Å². The van der Waals surface area contributed by atoms with Gasteiger partial charge in [0.2, 0.25) is 0 Å². The molecular weight excluding hydrogens is 278 g/mol. The molecule has 0 fully saturated rings. The summed E-state index contributed by atoms with van der Waals surface area (Å²) in [6.07, 6.45) is 8.20. The Morgan fingerprint density at radius 1 is 1.50 bits per heavy atom. The smallest absolute Gasteiger partial charge is 0.126 e. The van der Waals surface area contributed by atoms with E-state index in [9.17, 15) is 0 Å². The van der Waals surface area contributed by atoms with Gasteiger partial charge in [0.05, 0.1) is 24.7 Å². The average Bonchev–Trinajstić information content (AvgIpc) is 3.00. The van der Waals surface area contributed by atoms with Gasteiger partial charge in [0, 0.05) is 27.7 Å². The summed E-state index contributed by atoms with van der Waals surface area (Å²) in [5.74, 6) is 0.875. The zero-order chi connectivity index (χ0) is 15.9. The number of fused-ring (bicyclic) bond motifs is 2. The van der Waals surface area contributed by atoms with Gasteiger partial charge in [0.25, 0.3) is 0 Å². The van der Waals surface area contributed by atoms with E-state index in [0.717, 1.165) is 21.9 Å². The van der Waals surface area contributed by atoms with Gasteiger partial charge in [-0.25, -0.2) is 0 Å². The molecule has 6 heteroatoms. The minimum absolute atomic E-state index is 0.0661. The largest absolute Gasteiger partial charge is 0.496 e. The van der Waals surface area contributed by atoms with Crippen molar-refractivity contribution < 1.29 is 4.74 Å². The zero-order valence-electron chi connectivity index (χ0n) is 13.2. The third-order valence-electron chi connectivity index (χ3n) is 4.17. The molecule has 1 heterocycles. The first-order valence-corrected chi connectivity index (χ1v) is 7.28. The Bertz CT molecular complexity index is 850. The number of methoxy groups -OCH3 is 1. The van der Waals surface area contributed by atoms with Crippen LogP contribution in [0.5, 0.6) is 0 Å². The lowest BCUT2D eigenvalue weighted by Crippen LogP contribution is -2.32. The molecule has 0 N–H and O–H groups in total. The molecule has 0 amide bonds. The second-order valence-corrected chi connectivity index (χ2v) is 6.24. The van der Waals surface area contributed by atoms with Crippen LogP contribution in [0.4, 0.5) is 0 Å². The SMILES string of the molecule is COC1=C2C=c3c(cnn3C[C@H](C)N=[N+]=[N-])=C2C(C)(C)C=C1. The summed E-state index contributed by atoms with van der Waals surface area (Å²) >= 11 is 0. The summed E-state index contributed by atoms with van der Waals surface area (Å²) in [5, 5.41) is 10.4. The molecule has 22 heavy (non-hydrogen) atoms. The fraction of sp³-hybridized carbons (Fsp3) is 0.438. The standard InChI is InChI=1S/C16H19N5O/c1-10(19-20-17)9-21-13-7-11-14(22-4)5-6-16(2,3)15(11)12(13)8-18-21/h5-8,10H,9H2,1-4H3/t10-/m0/s1. The van der Waals surface area contributed by atoms with Crippen LogP contribution in [-0.2, 0) is 11.3 Å². The number of allylic oxidation sites excluding steroid dienone is 3. The fourth-order valence-corrected chi connectivity index (χ4v) is 3.14. The molecule has 0 unspecified atom stereocenters. The third kappa shape index (κ3) is 2.12. The van der Waals surface area contributed by atoms with Crippen LogP contribution in [0.2, 0.25) is 0 Å². The normalized spacial score (nSPS) is 19.2. The van der Waals surface area contributed by atoms with Crippen molar-refractivity contribution in [3.8, 4) is 0 Å². The summed E-state index contributed by atoms with van der Waals surface area (Å²) in [6.45, 7) is 6.82. The van der Waals surface area contributed by atoms with Crippen LogP contribution in [0.15, 0.2) is 34.8 Å². The van der Waals surface area contributed by atoms with Gasteiger partial charge in [-0.05, 0) is 23.3 Å². The van der Waals surface area contributed by atoms with E-state index in [-0.39, 0.29) is 11.5 Å². The minimum Gasteiger partial charge on any atom is -0.496 e. The quantitative estimate of drug-likeness (QED) is 0.484. The molecule has 2 aliphatic carbocycles. The molecule has 0 aliphatic heterocycles. The van der Waals surface area contributed by atoms with Crippen molar-refractivity contribution in [2.24, 2.45) is 10.5 Å². The maximum Gasteiger partial charge on any atom is 0.126 e. The lowest BCUT2D eigenvalue weighted by Gasteiger charge is -2.28. The second kappa shape index (κ2) is 5.07. The molecule has 1 atom stereocenters. The summed E-state index contributed by atoms with van der Waals surface area (Å²) in [7, 11) is 1.69. The van der Waals surface area contributed by atoms with Crippen LogP contribution in [0.1, 0.15) is 20.8 Å². The monoisotopic (exact) mass is 297 g/mol. The Morgan fingerprint density at radius 2 is 2.27 bits per heavy atom. The van der Waals surface area contributed by atoms with E-state index in [1.807, 2.05) is 23.9 Å². The van der Waals surface area contributed by atoms with Gasteiger partial charge < -0.3 is 4.74 Å². The molecule has 114 valence electrons. The first-order valence-electron chi connectivity index (χ1n) is 7.28. The topological polar surface area (TPSA) is 75.8 Å². The van der Waals surface area contributed by atoms with Gasteiger partial charge in [-0.15, -0.1) is 0 Å². The maximum absolute atomic E-state index is 8.55. The number of ether oxygens (including phenoxy) is 1. The van der Waals surface area contributed by atoms with Gasteiger partial charge in [-0.1, -0.05) is 32.0 Å². The van der Waals surface area contributed by atoms with Gasteiger partial charge >= 0.3 is 0 Å². The van der Waals surface area contributed by atoms with E-state index in [0.29, 0.717) is 6.54 Å². The van der Waals surface area contributed by atoms with Gasteiger partial charge in [-0.2, -0.15) is 5.10 Å². The highest BCUT2D eigenvalue weighted by molar-refractivity contribution is 5.87. The number of rotatable bonds is 4. The first kappa shape index (κ1) is 14.5. The molecule has 0 bridgehead atoms. The van der Waals surface area contributed by atoms with Gasteiger partial charge in [-0.3, -0.25) is 4.68 Å². The van der Waals surface area contributed by atoms with Crippen LogP contribution in [0.25, 0.3) is 22.1 Å². The Balaban J connectivity index is 2.18. The number of hydrogen-bond donors (Lipinski definition) is 0. The number of hydrogen-bond acceptors (Lipinski definition) is 3. The minimum atomic E-state index is -0.142. The van der Waals surface area contributed by atoms with Crippen molar-refractivity contribution >= 4 is 11.6 Å². The van der Waals surface area contributed by atoms with Crippen molar-refractivity contribution in [1.29, 1.82) is 0 Å². The highest BCUT2D eigenvalue weighted by Gasteiger charge is 2.32. The molecule has 6 nitrogen and oxygen atoms in total. The average molecular weight is 297 g/mol. The summed E-state index contributed by atoms with van der Waals surface area (Å²) in [6, 6.07) is -0.142. The Morgan fingerprint density at radius 3 is 2.95 bits per heavy atom. The van der Waals surface area contributed by atoms with Crippen molar-refractivity contribution in [2.75, 3.05) is 7.11 Å². The Kier molecular flexibility index (Phi) is 3.34. The molecule has 0 spiro atoms. The van der Waals surface area contributed by atoms with Crippen LogP contribution >= 0.6 is 0 Å². The highest BCUT2D eigenvalue weighted by atomic mass is 16.5.